The van der Waals surface area contributed by atoms with Crippen LogP contribution in [-0.2, 0) is 4.79 Å². The van der Waals surface area contributed by atoms with Crippen molar-refractivity contribution in [3.05, 3.63) is 42.0 Å². The monoisotopic (exact) mass is 261 g/mol. The Hall–Kier alpha value is -2.11. The summed E-state index contributed by atoms with van der Waals surface area (Å²) in [5.41, 5.74) is 6.88. The number of aliphatic hydroxyl groups excluding tert-OH is 2. The summed E-state index contributed by atoms with van der Waals surface area (Å²) in [4.78, 5) is 10.6. The Morgan fingerprint density at radius 1 is 1.11 bits per heavy atom. The van der Waals surface area contributed by atoms with Crippen molar-refractivity contribution in [2.24, 2.45) is 0 Å². The van der Waals surface area contributed by atoms with Gasteiger partial charge in [-0.25, -0.2) is 0 Å². The van der Waals surface area contributed by atoms with Crippen molar-refractivity contribution in [2.75, 3.05) is 5.73 Å². The number of hydrogen-bond acceptors (Lipinski definition) is 4. The molecule has 2 aromatic rings. The number of nitrogen functional groups attached to an aromatic ring is 1. The lowest BCUT2D eigenvalue weighted by atomic mass is 9.95. The highest BCUT2D eigenvalue weighted by molar-refractivity contribution is 5.95. The summed E-state index contributed by atoms with van der Waals surface area (Å²) < 4.78 is 0. The van der Waals surface area contributed by atoms with Crippen molar-refractivity contribution >= 4 is 22.4 Å². The Morgan fingerprint density at radius 2 is 1.74 bits per heavy atom. The summed E-state index contributed by atoms with van der Waals surface area (Å²) in [5, 5.41) is 29.9. The SMILES string of the molecule is Nc1ccc(C(O)C(O)CC(=O)O)c2ccccc12. The van der Waals surface area contributed by atoms with Crippen LogP contribution in [0.1, 0.15) is 18.1 Å². The number of carbonyl (C=O) groups is 1. The van der Waals surface area contributed by atoms with Gasteiger partial charge in [0.05, 0.1) is 12.5 Å². The van der Waals surface area contributed by atoms with Crippen molar-refractivity contribution < 1.29 is 20.1 Å². The zero-order valence-corrected chi connectivity index (χ0v) is 10.2. The van der Waals surface area contributed by atoms with E-state index in [1.165, 1.54) is 0 Å². The smallest absolute Gasteiger partial charge is 0.306 e. The lowest BCUT2D eigenvalue weighted by Gasteiger charge is -2.19. The van der Waals surface area contributed by atoms with E-state index in [4.69, 9.17) is 10.8 Å². The highest BCUT2D eigenvalue weighted by Gasteiger charge is 2.23. The first kappa shape index (κ1) is 13.3. The molecule has 5 heteroatoms. The number of anilines is 1. The second-order valence-electron chi connectivity index (χ2n) is 4.40. The Kier molecular flexibility index (Phi) is 3.69. The fourth-order valence-electron chi connectivity index (χ4n) is 2.10. The quantitative estimate of drug-likeness (QED) is 0.621. The first-order chi connectivity index (χ1) is 9.00. The van der Waals surface area contributed by atoms with Gasteiger partial charge in [0.1, 0.15) is 6.10 Å². The molecule has 0 saturated heterocycles. The molecule has 0 spiro atoms. The van der Waals surface area contributed by atoms with Gasteiger partial charge in [0.15, 0.2) is 0 Å². The van der Waals surface area contributed by atoms with E-state index in [1.807, 2.05) is 12.1 Å². The maximum absolute atomic E-state index is 10.6. The van der Waals surface area contributed by atoms with Crippen molar-refractivity contribution in [1.29, 1.82) is 0 Å². The molecule has 0 aliphatic carbocycles. The highest BCUT2D eigenvalue weighted by Crippen LogP contribution is 2.30. The van der Waals surface area contributed by atoms with Crippen LogP contribution in [0.3, 0.4) is 0 Å². The van der Waals surface area contributed by atoms with Gasteiger partial charge < -0.3 is 21.1 Å². The number of rotatable bonds is 4. The number of carboxylic acid groups (broad SMARTS) is 1. The number of fused-ring (bicyclic) bond motifs is 1. The summed E-state index contributed by atoms with van der Waals surface area (Å²) in [6.07, 6.45) is -3.13. The average Bonchev–Trinajstić information content (AvgIpc) is 2.38. The fourth-order valence-corrected chi connectivity index (χ4v) is 2.10. The van der Waals surface area contributed by atoms with Crippen LogP contribution in [0.25, 0.3) is 10.8 Å². The third-order valence-corrected chi connectivity index (χ3v) is 3.06. The molecule has 2 atom stereocenters. The number of aliphatic carboxylic acids is 1. The molecule has 0 heterocycles. The van der Waals surface area contributed by atoms with E-state index in [2.05, 4.69) is 0 Å². The Balaban J connectivity index is 2.45. The zero-order chi connectivity index (χ0) is 14.0. The molecular formula is C14H15NO4. The standard InChI is InChI=1S/C14H15NO4/c15-11-6-5-10(8-3-1-2-4-9(8)11)14(19)12(16)7-13(17)18/h1-6,12,14,16,19H,7,15H2,(H,17,18). The van der Waals surface area contributed by atoms with Crippen LogP contribution in [0.5, 0.6) is 0 Å². The molecule has 0 bridgehead atoms. The predicted molar refractivity (Wildman–Crippen MR) is 71.6 cm³/mol. The van der Waals surface area contributed by atoms with Crippen LogP contribution in [-0.4, -0.2) is 27.4 Å². The normalized spacial score (nSPS) is 14.2. The van der Waals surface area contributed by atoms with Gasteiger partial charge in [-0.1, -0.05) is 30.3 Å². The molecular weight excluding hydrogens is 246 g/mol. The number of benzene rings is 2. The molecule has 0 amide bonds. The first-order valence-corrected chi connectivity index (χ1v) is 5.85. The van der Waals surface area contributed by atoms with Crippen LogP contribution in [0.15, 0.2) is 36.4 Å². The molecule has 2 unspecified atom stereocenters. The Labute approximate surface area is 109 Å². The molecule has 5 N–H and O–H groups in total. The minimum atomic E-state index is -1.36. The van der Waals surface area contributed by atoms with Gasteiger partial charge in [0.2, 0.25) is 0 Å². The van der Waals surface area contributed by atoms with E-state index >= 15 is 0 Å². The van der Waals surface area contributed by atoms with Crippen LogP contribution in [0.2, 0.25) is 0 Å². The zero-order valence-electron chi connectivity index (χ0n) is 10.2. The summed E-state index contributed by atoms with van der Waals surface area (Å²) in [6, 6.07) is 10.4. The highest BCUT2D eigenvalue weighted by atomic mass is 16.4. The van der Waals surface area contributed by atoms with Crippen molar-refractivity contribution in [3.63, 3.8) is 0 Å². The molecule has 0 aliphatic heterocycles. The van der Waals surface area contributed by atoms with Crippen LogP contribution < -0.4 is 5.73 Å². The Morgan fingerprint density at radius 3 is 2.37 bits per heavy atom. The van der Waals surface area contributed by atoms with E-state index in [-0.39, 0.29) is 0 Å². The number of nitrogens with two attached hydrogens (primary N) is 1. The van der Waals surface area contributed by atoms with E-state index in [9.17, 15) is 15.0 Å². The average molecular weight is 261 g/mol. The van der Waals surface area contributed by atoms with Gasteiger partial charge in [0.25, 0.3) is 0 Å². The van der Waals surface area contributed by atoms with E-state index in [1.54, 1.807) is 24.3 Å². The number of carboxylic acids is 1. The molecule has 19 heavy (non-hydrogen) atoms. The lowest BCUT2D eigenvalue weighted by Crippen LogP contribution is -2.22. The Bertz CT molecular complexity index is 611. The third kappa shape index (κ3) is 2.67. The molecule has 0 aliphatic rings. The number of aliphatic hydroxyl groups is 2. The van der Waals surface area contributed by atoms with Gasteiger partial charge in [-0.05, 0) is 17.0 Å². The molecule has 0 radical (unpaired) electrons. The number of hydrogen-bond donors (Lipinski definition) is 4. The fraction of sp³-hybridized carbons (Fsp3) is 0.214. The lowest BCUT2D eigenvalue weighted by molar-refractivity contribution is -0.141. The summed E-state index contributed by atoms with van der Waals surface area (Å²) in [5.74, 6) is -1.16. The van der Waals surface area contributed by atoms with Crippen molar-refractivity contribution in [1.82, 2.24) is 0 Å². The third-order valence-electron chi connectivity index (χ3n) is 3.06. The predicted octanol–water partition coefficient (Wildman–Crippen LogP) is 1.29. The molecule has 0 fully saturated rings. The summed E-state index contributed by atoms with van der Waals surface area (Å²) in [6.45, 7) is 0. The second-order valence-corrected chi connectivity index (χ2v) is 4.40. The molecule has 0 saturated carbocycles. The van der Waals surface area contributed by atoms with Gasteiger partial charge in [-0.15, -0.1) is 0 Å². The topological polar surface area (TPSA) is 104 Å². The molecule has 5 nitrogen and oxygen atoms in total. The van der Waals surface area contributed by atoms with Crippen molar-refractivity contribution in [2.45, 2.75) is 18.6 Å². The van der Waals surface area contributed by atoms with Crippen LogP contribution in [0.4, 0.5) is 5.69 Å². The minimum Gasteiger partial charge on any atom is -0.481 e. The minimum absolute atomic E-state index is 0.471. The first-order valence-electron chi connectivity index (χ1n) is 5.85. The maximum Gasteiger partial charge on any atom is 0.306 e. The van der Waals surface area contributed by atoms with Gasteiger partial charge in [-0.3, -0.25) is 4.79 Å². The van der Waals surface area contributed by atoms with Gasteiger partial charge in [0, 0.05) is 11.1 Å². The van der Waals surface area contributed by atoms with Crippen LogP contribution in [0, 0.1) is 0 Å². The van der Waals surface area contributed by atoms with Gasteiger partial charge in [-0.2, -0.15) is 0 Å². The summed E-state index contributed by atoms with van der Waals surface area (Å²) in [7, 11) is 0. The maximum atomic E-state index is 10.6. The van der Waals surface area contributed by atoms with E-state index in [0.29, 0.717) is 16.6 Å². The molecule has 100 valence electrons. The van der Waals surface area contributed by atoms with Crippen LogP contribution >= 0.6 is 0 Å². The molecule has 2 rings (SSSR count). The van der Waals surface area contributed by atoms with E-state index in [0.717, 1.165) is 5.39 Å². The van der Waals surface area contributed by atoms with Crippen molar-refractivity contribution in [3.8, 4) is 0 Å². The largest absolute Gasteiger partial charge is 0.481 e. The van der Waals surface area contributed by atoms with Gasteiger partial charge >= 0.3 is 5.97 Å². The van der Waals surface area contributed by atoms with E-state index < -0.39 is 24.6 Å². The molecule has 0 aromatic heterocycles. The second kappa shape index (κ2) is 5.26. The molecule has 2 aromatic carbocycles. The summed E-state index contributed by atoms with van der Waals surface area (Å²) >= 11 is 0.